The van der Waals surface area contributed by atoms with Crippen LogP contribution in [0.15, 0.2) is 48.8 Å². The van der Waals surface area contributed by atoms with Crippen LogP contribution in [0.3, 0.4) is 0 Å². The lowest BCUT2D eigenvalue weighted by Gasteiger charge is -2.32. The number of rotatable bonds is 8. The molecule has 0 bridgehead atoms. The van der Waals surface area contributed by atoms with E-state index in [1.807, 2.05) is 41.4 Å². The van der Waals surface area contributed by atoms with Gasteiger partial charge in [-0.3, -0.25) is 14.6 Å². The van der Waals surface area contributed by atoms with Crippen LogP contribution in [0.2, 0.25) is 5.02 Å². The predicted octanol–water partition coefficient (Wildman–Crippen LogP) is 2.87. The van der Waals surface area contributed by atoms with Crippen molar-refractivity contribution in [3.8, 4) is 5.75 Å². The van der Waals surface area contributed by atoms with E-state index in [0.29, 0.717) is 56.5 Å². The molecular weight excluding hydrogens is 406 g/mol. The van der Waals surface area contributed by atoms with Gasteiger partial charge >= 0.3 is 0 Å². The third-order valence-electron chi connectivity index (χ3n) is 4.98. The van der Waals surface area contributed by atoms with Gasteiger partial charge < -0.3 is 14.4 Å². The second kappa shape index (κ2) is 9.77. The van der Waals surface area contributed by atoms with E-state index in [1.165, 1.54) is 0 Å². The zero-order valence-electron chi connectivity index (χ0n) is 16.5. The van der Waals surface area contributed by atoms with Crippen LogP contribution in [0.25, 0.3) is 0 Å². The van der Waals surface area contributed by atoms with Crippen LogP contribution >= 0.6 is 11.6 Å². The van der Waals surface area contributed by atoms with Gasteiger partial charge in [-0.2, -0.15) is 10.2 Å². The van der Waals surface area contributed by atoms with Gasteiger partial charge in [-0.1, -0.05) is 23.7 Å². The molecule has 9 heteroatoms. The Balaban J connectivity index is 1.27. The van der Waals surface area contributed by atoms with Crippen molar-refractivity contribution >= 4 is 17.5 Å². The molecule has 1 aliphatic rings. The van der Waals surface area contributed by atoms with E-state index in [-0.39, 0.29) is 12.0 Å². The van der Waals surface area contributed by atoms with Crippen molar-refractivity contribution < 1.29 is 14.3 Å². The standard InChI is InChI=1S/C21H24ClN5O3/c22-17-4-1-2-5-19(17)29-12-7-16-14-18(25-24-16)20-15-26(11-13-30-20)21(28)6-10-27-9-3-8-23-27/h1-5,8-9,14,20H,6-7,10-13,15H2,(H,24,25)/t20-/m0/s1. The fourth-order valence-electron chi connectivity index (χ4n) is 3.36. The maximum atomic E-state index is 12.6. The fraction of sp³-hybridized carbons (Fsp3) is 0.381. The van der Waals surface area contributed by atoms with Gasteiger partial charge in [-0.05, 0) is 24.3 Å². The van der Waals surface area contributed by atoms with E-state index in [4.69, 9.17) is 21.1 Å². The molecule has 30 heavy (non-hydrogen) atoms. The highest BCUT2D eigenvalue weighted by Gasteiger charge is 2.27. The molecule has 3 aromatic rings. The van der Waals surface area contributed by atoms with Crippen molar-refractivity contribution in [1.82, 2.24) is 24.9 Å². The smallest absolute Gasteiger partial charge is 0.224 e. The third kappa shape index (κ3) is 5.20. The Morgan fingerprint density at radius 2 is 2.23 bits per heavy atom. The Labute approximate surface area is 179 Å². The van der Waals surface area contributed by atoms with Gasteiger partial charge in [0, 0.05) is 44.0 Å². The summed E-state index contributed by atoms with van der Waals surface area (Å²) in [4.78, 5) is 14.4. The summed E-state index contributed by atoms with van der Waals surface area (Å²) in [6, 6.07) is 11.2. The van der Waals surface area contributed by atoms with Crippen molar-refractivity contribution in [3.63, 3.8) is 0 Å². The van der Waals surface area contributed by atoms with Crippen molar-refractivity contribution in [2.75, 3.05) is 26.3 Å². The summed E-state index contributed by atoms with van der Waals surface area (Å²) < 4.78 is 13.3. The largest absolute Gasteiger partial charge is 0.492 e. The number of aromatic amines is 1. The molecule has 0 aliphatic carbocycles. The lowest BCUT2D eigenvalue weighted by Crippen LogP contribution is -2.42. The van der Waals surface area contributed by atoms with E-state index in [2.05, 4.69) is 15.3 Å². The second-order valence-corrected chi connectivity index (χ2v) is 7.47. The van der Waals surface area contributed by atoms with Crippen LogP contribution in [0.1, 0.15) is 23.9 Å². The van der Waals surface area contributed by atoms with Crippen molar-refractivity contribution in [2.45, 2.75) is 25.5 Å². The van der Waals surface area contributed by atoms with E-state index in [9.17, 15) is 4.79 Å². The number of H-pyrrole nitrogens is 1. The summed E-state index contributed by atoms with van der Waals surface area (Å²) in [6.07, 6.45) is 4.42. The van der Waals surface area contributed by atoms with Crippen LogP contribution in [0.4, 0.5) is 0 Å². The Morgan fingerprint density at radius 3 is 3.07 bits per heavy atom. The van der Waals surface area contributed by atoms with Crippen LogP contribution in [-0.2, 0) is 22.5 Å². The lowest BCUT2D eigenvalue weighted by atomic mass is 10.1. The van der Waals surface area contributed by atoms with Crippen LogP contribution in [0.5, 0.6) is 5.75 Å². The maximum absolute atomic E-state index is 12.6. The van der Waals surface area contributed by atoms with Gasteiger partial charge in [0.15, 0.2) is 0 Å². The first-order valence-corrected chi connectivity index (χ1v) is 10.3. The Bertz CT molecular complexity index is 959. The number of hydrogen-bond donors (Lipinski definition) is 1. The number of para-hydroxylation sites is 1. The number of aromatic nitrogens is 4. The summed E-state index contributed by atoms with van der Waals surface area (Å²) in [6.45, 7) is 2.65. The highest BCUT2D eigenvalue weighted by Crippen LogP contribution is 2.24. The Morgan fingerprint density at radius 1 is 1.33 bits per heavy atom. The molecule has 1 amide bonds. The normalized spacial score (nSPS) is 16.6. The molecular formula is C21H24ClN5O3. The quantitative estimate of drug-likeness (QED) is 0.595. The first kappa shape index (κ1) is 20.4. The molecule has 0 spiro atoms. The van der Waals surface area contributed by atoms with Crippen molar-refractivity contribution in [1.29, 1.82) is 0 Å². The minimum Gasteiger partial charge on any atom is -0.492 e. The van der Waals surface area contributed by atoms with Gasteiger partial charge in [-0.15, -0.1) is 0 Å². The fourth-order valence-corrected chi connectivity index (χ4v) is 3.55. The highest BCUT2D eigenvalue weighted by molar-refractivity contribution is 6.32. The molecule has 1 fully saturated rings. The van der Waals surface area contributed by atoms with Gasteiger partial charge in [0.25, 0.3) is 0 Å². The van der Waals surface area contributed by atoms with Crippen LogP contribution in [0, 0.1) is 0 Å². The number of nitrogens with zero attached hydrogens (tertiary/aromatic N) is 4. The number of benzene rings is 1. The minimum atomic E-state index is -0.234. The van der Waals surface area contributed by atoms with E-state index >= 15 is 0 Å². The molecule has 4 rings (SSSR count). The number of nitrogens with one attached hydrogen (secondary N) is 1. The average Bonchev–Trinajstić information content (AvgIpc) is 3.46. The molecule has 0 saturated carbocycles. The third-order valence-corrected chi connectivity index (χ3v) is 5.29. The SMILES string of the molecule is O=C(CCn1cccn1)N1CCO[C@H](c2cc(CCOc3ccccc3Cl)[nH]n2)C1. The van der Waals surface area contributed by atoms with E-state index in [0.717, 1.165) is 11.4 Å². The molecule has 158 valence electrons. The number of aryl methyl sites for hydroxylation is 1. The number of halogens is 1. The lowest BCUT2D eigenvalue weighted by molar-refractivity contribution is -0.139. The Kier molecular flexibility index (Phi) is 6.66. The summed E-state index contributed by atoms with van der Waals surface area (Å²) in [5.41, 5.74) is 1.75. The number of hydrogen-bond acceptors (Lipinski definition) is 5. The number of morpholine rings is 1. The first-order valence-electron chi connectivity index (χ1n) is 9.97. The molecule has 0 unspecified atom stereocenters. The van der Waals surface area contributed by atoms with Gasteiger partial charge in [-0.25, -0.2) is 0 Å². The summed E-state index contributed by atoms with van der Waals surface area (Å²) in [5, 5.41) is 12.1. The van der Waals surface area contributed by atoms with Crippen LogP contribution in [-0.4, -0.2) is 57.1 Å². The molecule has 1 aromatic carbocycles. The molecule has 3 heterocycles. The topological polar surface area (TPSA) is 85.3 Å². The maximum Gasteiger partial charge on any atom is 0.224 e. The molecule has 8 nitrogen and oxygen atoms in total. The predicted molar refractivity (Wildman–Crippen MR) is 111 cm³/mol. The average molecular weight is 430 g/mol. The number of ether oxygens (including phenoxy) is 2. The Hall–Kier alpha value is -2.84. The highest BCUT2D eigenvalue weighted by atomic mass is 35.5. The van der Waals surface area contributed by atoms with E-state index < -0.39 is 0 Å². The first-order chi connectivity index (χ1) is 14.7. The van der Waals surface area contributed by atoms with Crippen molar-refractivity contribution in [3.05, 3.63) is 65.2 Å². The zero-order chi connectivity index (χ0) is 20.8. The van der Waals surface area contributed by atoms with Crippen LogP contribution < -0.4 is 4.74 Å². The molecule has 1 atom stereocenters. The summed E-state index contributed by atoms with van der Waals surface area (Å²) in [5.74, 6) is 0.765. The summed E-state index contributed by atoms with van der Waals surface area (Å²) in [7, 11) is 0. The molecule has 2 aromatic heterocycles. The monoisotopic (exact) mass is 429 g/mol. The summed E-state index contributed by atoms with van der Waals surface area (Å²) >= 11 is 6.10. The van der Waals surface area contributed by atoms with Gasteiger partial charge in [0.1, 0.15) is 11.9 Å². The minimum absolute atomic E-state index is 0.0997. The molecule has 1 N–H and O–H groups in total. The second-order valence-electron chi connectivity index (χ2n) is 7.07. The van der Waals surface area contributed by atoms with Crippen molar-refractivity contribution in [2.24, 2.45) is 0 Å². The number of carbonyl (C=O) groups excluding carboxylic acids is 1. The van der Waals surface area contributed by atoms with Gasteiger partial charge in [0.2, 0.25) is 5.91 Å². The molecule has 1 aliphatic heterocycles. The zero-order valence-corrected chi connectivity index (χ0v) is 17.3. The number of carbonyl (C=O) groups is 1. The van der Waals surface area contributed by atoms with Gasteiger partial charge in [0.05, 0.1) is 30.5 Å². The molecule has 0 radical (unpaired) electrons. The number of amides is 1. The molecule has 1 saturated heterocycles. The van der Waals surface area contributed by atoms with E-state index in [1.54, 1.807) is 16.9 Å².